The van der Waals surface area contributed by atoms with E-state index in [9.17, 15) is 14.4 Å². The van der Waals surface area contributed by atoms with Crippen LogP contribution < -0.4 is 5.32 Å². The largest absolute Gasteiger partial charge is 0.322 e. The number of amides is 3. The molecule has 1 unspecified atom stereocenters. The summed E-state index contributed by atoms with van der Waals surface area (Å²) in [5.74, 6) is -0.594. The summed E-state index contributed by atoms with van der Waals surface area (Å²) in [6.45, 7) is 4.05. The van der Waals surface area contributed by atoms with E-state index in [1.54, 1.807) is 11.1 Å². The van der Waals surface area contributed by atoms with Crippen LogP contribution in [0.3, 0.4) is 0 Å². The minimum absolute atomic E-state index is 0.0664. The molecule has 1 aliphatic heterocycles. The Morgan fingerprint density at radius 2 is 2.14 bits per heavy atom. The Morgan fingerprint density at radius 1 is 1.43 bits per heavy atom. The van der Waals surface area contributed by atoms with Crippen LogP contribution in [0.1, 0.15) is 53.7 Å². The molecule has 112 valence electrons. The predicted molar refractivity (Wildman–Crippen MR) is 76.9 cm³/mol. The van der Waals surface area contributed by atoms with Gasteiger partial charge in [-0.1, -0.05) is 13.8 Å². The van der Waals surface area contributed by atoms with E-state index in [-0.39, 0.29) is 36.1 Å². The first-order chi connectivity index (χ1) is 9.97. The molecule has 0 radical (unpaired) electrons. The molecule has 1 saturated carbocycles. The molecule has 0 spiro atoms. The summed E-state index contributed by atoms with van der Waals surface area (Å²) in [5, 5.41) is 3.18. The van der Waals surface area contributed by atoms with Gasteiger partial charge in [-0.3, -0.25) is 19.7 Å². The zero-order chi connectivity index (χ0) is 15.1. The monoisotopic (exact) mass is 307 g/mol. The molecule has 7 heteroatoms. The van der Waals surface area contributed by atoms with Crippen molar-refractivity contribution in [2.24, 2.45) is 0 Å². The van der Waals surface area contributed by atoms with E-state index in [0.717, 1.165) is 17.8 Å². The SMILES string of the molecule is CC(C)c1ncc(C(=O)N(C2CC2)C2CC(=O)NC2=O)s1. The number of nitrogens with zero attached hydrogens (tertiary/aromatic N) is 2. The fourth-order valence-corrected chi connectivity index (χ4v) is 3.32. The molecule has 2 heterocycles. The number of carbonyl (C=O) groups excluding carboxylic acids is 3. The van der Waals surface area contributed by atoms with Crippen LogP contribution in [0.5, 0.6) is 0 Å². The zero-order valence-electron chi connectivity index (χ0n) is 12.0. The van der Waals surface area contributed by atoms with Crippen molar-refractivity contribution in [3.8, 4) is 0 Å². The van der Waals surface area contributed by atoms with Gasteiger partial charge in [0.2, 0.25) is 11.8 Å². The van der Waals surface area contributed by atoms with E-state index in [2.05, 4.69) is 10.3 Å². The normalized spacial score (nSPS) is 21.8. The number of rotatable bonds is 4. The third-order valence-corrected chi connectivity index (χ3v) is 4.97. The van der Waals surface area contributed by atoms with Gasteiger partial charge < -0.3 is 4.90 Å². The van der Waals surface area contributed by atoms with E-state index in [1.807, 2.05) is 13.8 Å². The summed E-state index contributed by atoms with van der Waals surface area (Å²) in [7, 11) is 0. The Morgan fingerprint density at radius 3 is 2.62 bits per heavy atom. The maximum Gasteiger partial charge on any atom is 0.266 e. The summed E-state index contributed by atoms with van der Waals surface area (Å²) in [6.07, 6.45) is 3.42. The molecule has 1 aromatic heterocycles. The van der Waals surface area contributed by atoms with Gasteiger partial charge in [0.1, 0.15) is 10.9 Å². The van der Waals surface area contributed by atoms with Crippen molar-refractivity contribution in [2.45, 2.75) is 51.1 Å². The van der Waals surface area contributed by atoms with Crippen LogP contribution in [-0.2, 0) is 9.59 Å². The van der Waals surface area contributed by atoms with Crippen LogP contribution in [-0.4, -0.2) is 39.7 Å². The third kappa shape index (κ3) is 2.70. The Bertz CT molecular complexity index is 606. The topological polar surface area (TPSA) is 79.4 Å². The third-order valence-electron chi connectivity index (χ3n) is 3.68. The number of aromatic nitrogens is 1. The summed E-state index contributed by atoms with van der Waals surface area (Å²) in [6, 6.07) is -0.592. The van der Waals surface area contributed by atoms with Gasteiger partial charge in [0.15, 0.2) is 0 Å². The van der Waals surface area contributed by atoms with E-state index >= 15 is 0 Å². The van der Waals surface area contributed by atoms with Crippen LogP contribution in [0, 0.1) is 0 Å². The van der Waals surface area contributed by atoms with E-state index < -0.39 is 6.04 Å². The molecule has 1 saturated heterocycles. The van der Waals surface area contributed by atoms with E-state index in [0.29, 0.717) is 4.88 Å². The summed E-state index contributed by atoms with van der Waals surface area (Å²) in [4.78, 5) is 42.3. The van der Waals surface area contributed by atoms with Crippen LogP contribution in [0.4, 0.5) is 0 Å². The number of hydrogen-bond donors (Lipinski definition) is 1. The van der Waals surface area contributed by atoms with Gasteiger partial charge in [-0.15, -0.1) is 11.3 Å². The molecule has 1 aromatic rings. The number of thiazole rings is 1. The molecule has 0 aromatic carbocycles. The molecule has 1 atom stereocenters. The highest BCUT2D eigenvalue weighted by Gasteiger charge is 2.45. The Balaban J connectivity index is 1.85. The Labute approximate surface area is 126 Å². The average molecular weight is 307 g/mol. The van der Waals surface area contributed by atoms with Crippen molar-refractivity contribution in [3.63, 3.8) is 0 Å². The highest BCUT2D eigenvalue weighted by Crippen LogP contribution is 2.33. The van der Waals surface area contributed by atoms with E-state index in [4.69, 9.17) is 0 Å². The van der Waals surface area contributed by atoms with Crippen molar-refractivity contribution < 1.29 is 14.4 Å². The van der Waals surface area contributed by atoms with Gasteiger partial charge in [0, 0.05) is 12.0 Å². The first-order valence-corrected chi connectivity index (χ1v) is 7.91. The van der Waals surface area contributed by atoms with Gasteiger partial charge in [0.05, 0.1) is 17.6 Å². The average Bonchev–Trinajstić information content (AvgIpc) is 3.00. The number of imide groups is 1. The minimum atomic E-state index is -0.665. The molecule has 2 aliphatic rings. The number of hydrogen-bond acceptors (Lipinski definition) is 5. The van der Waals surface area contributed by atoms with Crippen molar-refractivity contribution in [2.75, 3.05) is 0 Å². The smallest absolute Gasteiger partial charge is 0.266 e. The quantitative estimate of drug-likeness (QED) is 0.850. The zero-order valence-corrected chi connectivity index (χ0v) is 12.8. The summed E-state index contributed by atoms with van der Waals surface area (Å²) in [5.41, 5.74) is 0. The lowest BCUT2D eigenvalue weighted by Gasteiger charge is -2.25. The maximum absolute atomic E-state index is 12.7. The highest BCUT2D eigenvalue weighted by atomic mass is 32.1. The molecular weight excluding hydrogens is 290 g/mol. The highest BCUT2D eigenvalue weighted by molar-refractivity contribution is 7.13. The number of carbonyl (C=O) groups is 3. The van der Waals surface area contributed by atoms with Gasteiger partial charge in [-0.25, -0.2) is 4.98 Å². The molecule has 2 fully saturated rings. The maximum atomic E-state index is 12.7. The summed E-state index contributed by atoms with van der Waals surface area (Å²) >= 11 is 1.36. The molecule has 1 N–H and O–H groups in total. The predicted octanol–water partition coefficient (Wildman–Crippen LogP) is 1.29. The van der Waals surface area contributed by atoms with Crippen LogP contribution in [0.25, 0.3) is 0 Å². The molecule has 3 rings (SSSR count). The van der Waals surface area contributed by atoms with Crippen molar-refractivity contribution in [1.29, 1.82) is 0 Å². The van der Waals surface area contributed by atoms with Crippen molar-refractivity contribution in [1.82, 2.24) is 15.2 Å². The van der Waals surface area contributed by atoms with Crippen molar-refractivity contribution in [3.05, 3.63) is 16.1 Å². The van der Waals surface area contributed by atoms with E-state index in [1.165, 1.54) is 11.3 Å². The fraction of sp³-hybridized carbons (Fsp3) is 0.571. The second-order valence-electron chi connectivity index (χ2n) is 5.79. The molecular formula is C14H17N3O3S. The second-order valence-corrected chi connectivity index (χ2v) is 6.86. The summed E-state index contributed by atoms with van der Waals surface area (Å²) < 4.78 is 0. The Kier molecular flexibility index (Phi) is 3.52. The molecule has 1 aliphatic carbocycles. The molecule has 0 bridgehead atoms. The van der Waals surface area contributed by atoms with Gasteiger partial charge in [0.25, 0.3) is 5.91 Å². The second kappa shape index (κ2) is 5.22. The molecule has 6 nitrogen and oxygen atoms in total. The van der Waals surface area contributed by atoms with Crippen LogP contribution in [0.2, 0.25) is 0 Å². The van der Waals surface area contributed by atoms with Gasteiger partial charge in [-0.05, 0) is 12.8 Å². The van der Waals surface area contributed by atoms with Gasteiger partial charge in [-0.2, -0.15) is 0 Å². The first kappa shape index (κ1) is 14.2. The van der Waals surface area contributed by atoms with Crippen LogP contribution >= 0.6 is 11.3 Å². The number of nitrogens with one attached hydrogen (secondary N) is 1. The Hall–Kier alpha value is -1.76. The van der Waals surface area contributed by atoms with Gasteiger partial charge >= 0.3 is 0 Å². The lowest BCUT2D eigenvalue weighted by Crippen LogP contribution is -2.45. The lowest BCUT2D eigenvalue weighted by molar-refractivity contribution is -0.126. The molecule has 3 amide bonds. The van der Waals surface area contributed by atoms with Crippen molar-refractivity contribution >= 4 is 29.1 Å². The fourth-order valence-electron chi connectivity index (χ4n) is 2.46. The lowest BCUT2D eigenvalue weighted by atomic mass is 10.2. The minimum Gasteiger partial charge on any atom is -0.322 e. The molecule has 21 heavy (non-hydrogen) atoms. The standard InChI is InChI=1S/C14H17N3O3S/c1-7(2)13-15-6-10(21-13)14(20)17(8-3-4-8)9-5-11(18)16-12(9)19/h6-9H,3-5H2,1-2H3,(H,16,18,19). The van der Waals surface area contributed by atoms with Crippen LogP contribution in [0.15, 0.2) is 6.20 Å². The first-order valence-electron chi connectivity index (χ1n) is 7.09.